The second-order valence-electron chi connectivity index (χ2n) is 6.14. The molecule has 1 heterocycles. The maximum absolute atomic E-state index is 12.8. The van der Waals surface area contributed by atoms with E-state index in [2.05, 4.69) is 15.6 Å². The van der Waals surface area contributed by atoms with Crippen molar-refractivity contribution < 1.29 is 18.4 Å². The highest BCUT2D eigenvalue weighted by molar-refractivity contribution is 5.88. The number of hydrogen-bond donors (Lipinski definition) is 2. The average molecular weight is 378 g/mol. The number of halogens is 2. The van der Waals surface area contributed by atoms with E-state index in [-0.39, 0.29) is 37.0 Å². The number of carbonyl (C=O) groups excluding carboxylic acids is 2. The van der Waals surface area contributed by atoms with Crippen LogP contribution in [0.5, 0.6) is 0 Å². The number of imidazole rings is 1. The molecule has 2 rings (SSSR count). The molecule has 0 saturated carbocycles. The van der Waals surface area contributed by atoms with E-state index in [1.165, 1.54) is 12.4 Å². The predicted octanol–water partition coefficient (Wildman–Crippen LogP) is 2.46. The lowest BCUT2D eigenvalue weighted by molar-refractivity contribution is -0.128. The summed E-state index contributed by atoms with van der Waals surface area (Å²) in [4.78, 5) is 28.4. The first-order valence-corrected chi connectivity index (χ1v) is 8.92. The fourth-order valence-corrected chi connectivity index (χ4v) is 2.72. The van der Waals surface area contributed by atoms with Crippen LogP contribution in [-0.2, 0) is 22.4 Å². The number of benzene rings is 1. The number of aromatic nitrogens is 2. The molecule has 2 N–H and O–H groups in total. The second kappa shape index (κ2) is 10.4. The summed E-state index contributed by atoms with van der Waals surface area (Å²) >= 11 is 0. The van der Waals surface area contributed by atoms with Crippen molar-refractivity contribution >= 4 is 11.8 Å². The first-order valence-electron chi connectivity index (χ1n) is 8.92. The molecule has 146 valence electrons. The summed E-state index contributed by atoms with van der Waals surface area (Å²) in [6.07, 6.45) is 4.09. The molecule has 27 heavy (non-hydrogen) atoms. The molecule has 0 bridgehead atoms. The molecule has 6 nitrogen and oxygen atoms in total. The quantitative estimate of drug-likeness (QED) is 0.667. The number of nitrogens with zero attached hydrogens (tertiary/aromatic N) is 2. The van der Waals surface area contributed by atoms with E-state index in [1.807, 2.05) is 37.3 Å². The Morgan fingerprint density at radius 1 is 1.22 bits per heavy atom. The van der Waals surface area contributed by atoms with E-state index >= 15 is 0 Å². The Morgan fingerprint density at radius 3 is 2.63 bits per heavy atom. The van der Waals surface area contributed by atoms with E-state index in [9.17, 15) is 18.4 Å². The van der Waals surface area contributed by atoms with Crippen LogP contribution in [-0.4, -0.2) is 34.0 Å². The van der Waals surface area contributed by atoms with Crippen molar-refractivity contribution in [2.75, 3.05) is 6.54 Å². The Kier molecular flexibility index (Phi) is 7.91. The molecule has 0 aliphatic carbocycles. The van der Waals surface area contributed by atoms with Crippen molar-refractivity contribution in [1.29, 1.82) is 0 Å². The lowest BCUT2D eigenvalue weighted by Gasteiger charge is -2.18. The van der Waals surface area contributed by atoms with Gasteiger partial charge in [0.25, 0.3) is 0 Å². The summed E-state index contributed by atoms with van der Waals surface area (Å²) < 4.78 is 26.3. The lowest BCUT2D eigenvalue weighted by atomic mass is 10.1. The first-order chi connectivity index (χ1) is 13.0. The van der Waals surface area contributed by atoms with Gasteiger partial charge in [-0.25, -0.2) is 4.98 Å². The number of carbonyl (C=O) groups is 2. The molecular weight excluding hydrogens is 354 g/mol. The fourth-order valence-electron chi connectivity index (χ4n) is 2.72. The first kappa shape index (κ1) is 20.5. The molecule has 0 aliphatic rings. The third-order valence-corrected chi connectivity index (χ3v) is 4.04. The molecule has 2 amide bonds. The molecule has 0 aliphatic heterocycles. The highest BCUT2D eigenvalue weighted by atomic mass is 19.3. The maximum atomic E-state index is 12.8. The van der Waals surface area contributed by atoms with Gasteiger partial charge in [0.2, 0.25) is 11.8 Å². The second-order valence-corrected chi connectivity index (χ2v) is 6.14. The van der Waals surface area contributed by atoms with E-state index < -0.39 is 12.6 Å². The van der Waals surface area contributed by atoms with Crippen LogP contribution in [0, 0.1) is 0 Å². The minimum atomic E-state index is -2.66. The number of nitrogens with one attached hydrogen (secondary N) is 2. The van der Waals surface area contributed by atoms with Gasteiger partial charge in [-0.1, -0.05) is 43.7 Å². The highest BCUT2D eigenvalue weighted by Gasteiger charge is 2.20. The maximum Gasteiger partial charge on any atom is 0.319 e. The monoisotopic (exact) mass is 378 g/mol. The van der Waals surface area contributed by atoms with Crippen LogP contribution in [0.1, 0.15) is 37.7 Å². The van der Waals surface area contributed by atoms with E-state index in [0.29, 0.717) is 6.42 Å². The zero-order valence-electron chi connectivity index (χ0n) is 15.2. The van der Waals surface area contributed by atoms with Crippen molar-refractivity contribution in [3.05, 3.63) is 54.1 Å². The van der Waals surface area contributed by atoms with Crippen molar-refractivity contribution in [1.82, 2.24) is 20.2 Å². The van der Waals surface area contributed by atoms with Crippen LogP contribution in [0.25, 0.3) is 0 Å². The minimum absolute atomic E-state index is 0.164. The summed E-state index contributed by atoms with van der Waals surface area (Å²) in [6.45, 7) is -0.580. The minimum Gasteiger partial charge on any atom is -0.354 e. The number of alkyl halides is 2. The van der Waals surface area contributed by atoms with Crippen LogP contribution in [0.4, 0.5) is 8.78 Å². The predicted molar refractivity (Wildman–Crippen MR) is 97.2 cm³/mol. The Balaban J connectivity index is 1.84. The van der Waals surface area contributed by atoms with Gasteiger partial charge < -0.3 is 10.6 Å². The van der Waals surface area contributed by atoms with E-state index in [4.69, 9.17) is 0 Å². The smallest absolute Gasteiger partial charge is 0.319 e. The van der Waals surface area contributed by atoms with Gasteiger partial charge in [0, 0.05) is 25.4 Å². The van der Waals surface area contributed by atoms with Gasteiger partial charge in [0.15, 0.2) is 0 Å². The Morgan fingerprint density at radius 2 is 1.96 bits per heavy atom. The van der Waals surface area contributed by atoms with Gasteiger partial charge in [-0.05, 0) is 12.0 Å². The van der Waals surface area contributed by atoms with Crippen LogP contribution in [0.3, 0.4) is 0 Å². The van der Waals surface area contributed by atoms with Crippen molar-refractivity contribution in [2.45, 2.75) is 45.2 Å². The average Bonchev–Trinajstić information content (AvgIpc) is 3.11. The number of amides is 2. The largest absolute Gasteiger partial charge is 0.354 e. The molecule has 0 spiro atoms. The van der Waals surface area contributed by atoms with Gasteiger partial charge in [-0.2, -0.15) is 8.78 Å². The molecular formula is C19H24F2N4O2. The standard InChI is InChI=1S/C19H24F2N4O2/c1-2-6-15(24-17(26)13-14-7-4-3-5-8-14)18(27)23-10-9-16-22-11-12-25(16)19(20)21/h3-5,7-8,11-12,15,19H,2,6,9-10,13H2,1H3,(H,23,27)(H,24,26)/t15-/m0/s1. The van der Waals surface area contributed by atoms with Crippen LogP contribution in [0.2, 0.25) is 0 Å². The molecule has 1 atom stereocenters. The molecule has 0 saturated heterocycles. The normalized spacial score (nSPS) is 12.0. The van der Waals surface area contributed by atoms with Crippen LogP contribution >= 0.6 is 0 Å². The van der Waals surface area contributed by atoms with Crippen molar-refractivity contribution in [2.24, 2.45) is 0 Å². The van der Waals surface area contributed by atoms with E-state index in [0.717, 1.165) is 16.6 Å². The van der Waals surface area contributed by atoms with Crippen molar-refractivity contribution in [3.8, 4) is 0 Å². The lowest BCUT2D eigenvalue weighted by Crippen LogP contribution is -2.47. The third kappa shape index (κ3) is 6.47. The summed E-state index contributed by atoms with van der Waals surface area (Å²) in [5, 5.41) is 5.44. The van der Waals surface area contributed by atoms with Gasteiger partial charge in [0.1, 0.15) is 11.9 Å². The van der Waals surface area contributed by atoms with Crippen LogP contribution in [0.15, 0.2) is 42.7 Å². The zero-order chi connectivity index (χ0) is 19.6. The topological polar surface area (TPSA) is 76.0 Å². The van der Waals surface area contributed by atoms with E-state index in [1.54, 1.807) is 0 Å². The van der Waals surface area contributed by atoms with Gasteiger partial charge in [-0.3, -0.25) is 14.2 Å². The van der Waals surface area contributed by atoms with Crippen molar-refractivity contribution in [3.63, 3.8) is 0 Å². The molecule has 1 aromatic heterocycles. The summed E-state index contributed by atoms with van der Waals surface area (Å²) in [6, 6.07) is 8.61. The zero-order valence-corrected chi connectivity index (χ0v) is 15.2. The Bertz CT molecular complexity index is 734. The molecule has 0 radical (unpaired) electrons. The van der Waals surface area contributed by atoms with Gasteiger partial charge in [0.05, 0.1) is 6.42 Å². The van der Waals surface area contributed by atoms with Gasteiger partial charge >= 0.3 is 6.55 Å². The third-order valence-electron chi connectivity index (χ3n) is 4.04. The SMILES string of the molecule is CCC[C@H](NC(=O)Cc1ccccc1)C(=O)NCCc1nccn1C(F)F. The Labute approximate surface area is 157 Å². The summed E-state index contributed by atoms with van der Waals surface area (Å²) in [5.74, 6) is -0.359. The summed E-state index contributed by atoms with van der Waals surface area (Å²) in [7, 11) is 0. The summed E-state index contributed by atoms with van der Waals surface area (Å²) in [5.41, 5.74) is 0.865. The van der Waals surface area contributed by atoms with Crippen LogP contribution < -0.4 is 10.6 Å². The van der Waals surface area contributed by atoms with Gasteiger partial charge in [-0.15, -0.1) is 0 Å². The Hall–Kier alpha value is -2.77. The molecule has 0 unspecified atom stereocenters. The molecule has 2 aromatic rings. The fraction of sp³-hybridized carbons (Fsp3) is 0.421. The molecule has 0 fully saturated rings. The molecule has 8 heteroatoms. The number of hydrogen-bond acceptors (Lipinski definition) is 3. The molecule has 1 aromatic carbocycles. The highest BCUT2D eigenvalue weighted by Crippen LogP contribution is 2.12. The number of rotatable bonds is 10.